The van der Waals surface area contributed by atoms with Gasteiger partial charge in [0.2, 0.25) is 11.8 Å². The van der Waals surface area contributed by atoms with Crippen LogP contribution in [-0.2, 0) is 14.4 Å². The lowest BCUT2D eigenvalue weighted by Crippen LogP contribution is -2.53. The van der Waals surface area contributed by atoms with Crippen LogP contribution in [0.15, 0.2) is 0 Å². The third-order valence-electron chi connectivity index (χ3n) is 4.19. The van der Waals surface area contributed by atoms with Crippen LogP contribution in [0.1, 0.15) is 94.9 Å². The first kappa shape index (κ1) is 25.6. The van der Waals surface area contributed by atoms with Crippen LogP contribution in [0, 0.1) is 16.2 Å². The molecule has 5 heteroatoms. The molecule has 0 saturated carbocycles. The Morgan fingerprint density at radius 3 is 1.52 bits per heavy atom. The minimum Gasteiger partial charge on any atom is -0.345 e. The topological polar surface area (TPSA) is 75.3 Å². The number of ketones is 1. The first-order chi connectivity index (χ1) is 11.9. The predicted molar refractivity (Wildman–Crippen MR) is 111 cm³/mol. The van der Waals surface area contributed by atoms with Crippen molar-refractivity contribution >= 4 is 17.6 Å². The Morgan fingerprint density at radius 2 is 1.15 bits per heavy atom. The smallest absolute Gasteiger partial charge is 0.243 e. The molecule has 0 rings (SSSR count). The summed E-state index contributed by atoms with van der Waals surface area (Å²) in [4.78, 5) is 37.3. The second kappa shape index (κ2) is 9.70. The average molecular weight is 383 g/mol. The van der Waals surface area contributed by atoms with Crippen LogP contribution >= 0.6 is 0 Å². The molecule has 2 N–H and O–H groups in total. The highest BCUT2D eigenvalue weighted by molar-refractivity contribution is 5.92. The zero-order chi connectivity index (χ0) is 21.6. The molecular weight excluding hydrogens is 340 g/mol. The van der Waals surface area contributed by atoms with Crippen LogP contribution in [0.5, 0.6) is 0 Å². The summed E-state index contributed by atoms with van der Waals surface area (Å²) in [6.45, 7) is 20.0. The van der Waals surface area contributed by atoms with Gasteiger partial charge in [0.1, 0.15) is 6.04 Å². The number of carbonyl (C=O) groups is 3. The van der Waals surface area contributed by atoms with E-state index in [-0.39, 0.29) is 33.8 Å². The van der Waals surface area contributed by atoms with Gasteiger partial charge in [-0.3, -0.25) is 14.4 Å². The van der Waals surface area contributed by atoms with E-state index >= 15 is 0 Å². The van der Waals surface area contributed by atoms with E-state index in [1.54, 1.807) is 0 Å². The second-order valence-electron chi connectivity index (χ2n) is 11.4. The summed E-state index contributed by atoms with van der Waals surface area (Å²) in [7, 11) is 0. The molecule has 2 unspecified atom stereocenters. The van der Waals surface area contributed by atoms with Gasteiger partial charge in [-0.15, -0.1) is 0 Å². The number of carbonyl (C=O) groups excluding carboxylic acids is 3. The van der Waals surface area contributed by atoms with Gasteiger partial charge in [0.15, 0.2) is 5.78 Å². The van der Waals surface area contributed by atoms with Gasteiger partial charge in [0.05, 0.1) is 6.04 Å². The monoisotopic (exact) mass is 382 g/mol. The quantitative estimate of drug-likeness (QED) is 0.659. The van der Waals surface area contributed by atoms with Gasteiger partial charge < -0.3 is 10.6 Å². The maximum atomic E-state index is 12.9. The van der Waals surface area contributed by atoms with Gasteiger partial charge in [0.25, 0.3) is 0 Å². The van der Waals surface area contributed by atoms with Crippen LogP contribution in [0.25, 0.3) is 0 Å². The fourth-order valence-electron chi connectivity index (χ4n) is 2.76. The van der Waals surface area contributed by atoms with E-state index in [9.17, 15) is 14.4 Å². The highest BCUT2D eigenvalue weighted by atomic mass is 16.2. The van der Waals surface area contributed by atoms with E-state index in [2.05, 4.69) is 31.4 Å². The van der Waals surface area contributed by atoms with Gasteiger partial charge in [-0.05, 0) is 42.4 Å². The molecule has 0 aliphatic carbocycles. The fourth-order valence-corrected chi connectivity index (χ4v) is 2.76. The van der Waals surface area contributed by atoms with E-state index in [4.69, 9.17) is 0 Å². The molecule has 2 atom stereocenters. The Balaban J connectivity index is 5.17. The van der Waals surface area contributed by atoms with Crippen LogP contribution in [0.2, 0.25) is 0 Å². The predicted octanol–water partition coefficient (Wildman–Crippen LogP) is 4.24. The summed E-state index contributed by atoms with van der Waals surface area (Å²) in [5.74, 6) is -0.463. The lowest BCUT2D eigenvalue weighted by molar-refractivity contribution is -0.132. The third kappa shape index (κ3) is 13.4. The Bertz CT molecular complexity index is 519. The molecule has 2 amide bonds. The van der Waals surface area contributed by atoms with Gasteiger partial charge in [-0.25, -0.2) is 0 Å². The molecule has 27 heavy (non-hydrogen) atoms. The molecule has 0 bridgehead atoms. The van der Waals surface area contributed by atoms with Crippen molar-refractivity contribution in [1.29, 1.82) is 0 Å². The zero-order valence-electron chi connectivity index (χ0n) is 19.2. The van der Waals surface area contributed by atoms with Crippen molar-refractivity contribution in [3.63, 3.8) is 0 Å². The molecule has 0 aliphatic heterocycles. The maximum absolute atomic E-state index is 12.9. The van der Waals surface area contributed by atoms with Crippen molar-refractivity contribution in [2.75, 3.05) is 0 Å². The van der Waals surface area contributed by atoms with Crippen molar-refractivity contribution < 1.29 is 14.4 Å². The zero-order valence-corrected chi connectivity index (χ0v) is 19.2. The number of rotatable bonds is 8. The van der Waals surface area contributed by atoms with Crippen LogP contribution in [0.3, 0.4) is 0 Å². The minimum atomic E-state index is -0.640. The lowest BCUT2D eigenvalue weighted by atomic mass is 9.85. The fraction of sp³-hybridized carbons (Fsp3) is 0.864. The van der Waals surface area contributed by atoms with E-state index < -0.39 is 12.1 Å². The number of hydrogen-bond donors (Lipinski definition) is 2. The highest BCUT2D eigenvalue weighted by Crippen LogP contribution is 2.24. The normalized spacial score (nSPS) is 15.0. The van der Waals surface area contributed by atoms with E-state index in [0.717, 1.165) is 6.42 Å². The SMILES string of the molecule is CC(=O)C(CC(C)(C)C)NC(=O)C(CC(C)(C)C)NC(=O)CCC(C)(C)C. The molecule has 0 aromatic heterocycles. The first-order valence-corrected chi connectivity index (χ1v) is 10.00. The molecular formula is C22H42N2O3. The molecule has 0 heterocycles. The molecule has 158 valence electrons. The number of amides is 2. The van der Waals surface area contributed by atoms with E-state index in [1.165, 1.54) is 6.92 Å². The minimum absolute atomic E-state index is 0.0611. The van der Waals surface area contributed by atoms with Crippen molar-refractivity contribution in [1.82, 2.24) is 10.6 Å². The Kier molecular flexibility index (Phi) is 9.20. The molecule has 0 spiro atoms. The van der Waals surface area contributed by atoms with Crippen molar-refractivity contribution in [2.45, 2.75) is 107 Å². The number of Topliss-reactive ketones (excluding diaryl/α,β-unsaturated/α-hetero) is 1. The van der Waals surface area contributed by atoms with Gasteiger partial charge in [-0.1, -0.05) is 62.3 Å². The molecule has 0 radical (unpaired) electrons. The Morgan fingerprint density at radius 1 is 0.704 bits per heavy atom. The largest absolute Gasteiger partial charge is 0.345 e. The molecule has 0 aliphatic rings. The van der Waals surface area contributed by atoms with Gasteiger partial charge in [0, 0.05) is 6.42 Å². The van der Waals surface area contributed by atoms with Crippen molar-refractivity contribution in [3.8, 4) is 0 Å². The van der Waals surface area contributed by atoms with Crippen LogP contribution in [0.4, 0.5) is 0 Å². The summed E-state index contributed by atoms with van der Waals surface area (Å²) in [6, 6.07) is -1.18. The second-order valence-corrected chi connectivity index (χ2v) is 11.4. The standard InChI is InChI=1S/C22H42N2O3/c1-15(25)16(13-21(5,6)7)24-19(27)17(14-22(8,9)10)23-18(26)11-12-20(2,3)4/h16-17H,11-14H2,1-10H3,(H,23,26)(H,24,27). The summed E-state index contributed by atoms with van der Waals surface area (Å²) in [6.07, 6.45) is 2.22. The summed E-state index contributed by atoms with van der Waals surface area (Å²) in [5, 5.41) is 5.76. The average Bonchev–Trinajstić information content (AvgIpc) is 2.39. The molecule has 5 nitrogen and oxygen atoms in total. The Labute approximate surface area is 166 Å². The molecule has 0 fully saturated rings. The molecule has 0 aromatic carbocycles. The van der Waals surface area contributed by atoms with Gasteiger partial charge in [-0.2, -0.15) is 0 Å². The maximum Gasteiger partial charge on any atom is 0.243 e. The highest BCUT2D eigenvalue weighted by Gasteiger charge is 2.30. The Hall–Kier alpha value is -1.39. The van der Waals surface area contributed by atoms with E-state index in [0.29, 0.717) is 19.3 Å². The van der Waals surface area contributed by atoms with Gasteiger partial charge >= 0.3 is 0 Å². The number of nitrogens with one attached hydrogen (secondary N) is 2. The first-order valence-electron chi connectivity index (χ1n) is 10.00. The van der Waals surface area contributed by atoms with Crippen LogP contribution in [-0.4, -0.2) is 29.7 Å². The van der Waals surface area contributed by atoms with Crippen LogP contribution < -0.4 is 10.6 Å². The lowest BCUT2D eigenvalue weighted by Gasteiger charge is -2.30. The summed E-state index contributed by atoms with van der Waals surface area (Å²) >= 11 is 0. The summed E-state index contributed by atoms with van der Waals surface area (Å²) < 4.78 is 0. The third-order valence-corrected chi connectivity index (χ3v) is 4.19. The van der Waals surface area contributed by atoms with Crippen molar-refractivity contribution in [3.05, 3.63) is 0 Å². The summed E-state index contributed by atoms with van der Waals surface area (Å²) in [5.41, 5.74) is -0.153. The van der Waals surface area contributed by atoms with E-state index in [1.807, 2.05) is 41.5 Å². The molecule has 0 aromatic rings. The molecule has 0 saturated heterocycles. The number of hydrogen-bond acceptors (Lipinski definition) is 3. The van der Waals surface area contributed by atoms with Crippen molar-refractivity contribution in [2.24, 2.45) is 16.2 Å².